The maximum Gasteiger partial charge on any atom is 0.343 e. The molecule has 0 saturated carbocycles. The largest absolute Gasteiger partial charge is 0.491 e. The molecule has 0 unspecified atom stereocenters. The topological polar surface area (TPSA) is 110 Å². The average Bonchev–Trinajstić information content (AvgIpc) is 2.94. The van der Waals surface area contributed by atoms with Gasteiger partial charge in [0.2, 0.25) is 5.88 Å². The molecule has 0 spiro atoms. The van der Waals surface area contributed by atoms with Gasteiger partial charge in [0.05, 0.1) is 19.2 Å². The van der Waals surface area contributed by atoms with E-state index in [1.807, 2.05) is 66.7 Å². The highest BCUT2D eigenvalue weighted by molar-refractivity contribution is 5.96. The van der Waals surface area contributed by atoms with E-state index >= 15 is 0 Å². The molecule has 0 fully saturated rings. The highest BCUT2D eigenvalue weighted by Gasteiger charge is 2.17. The first-order valence-corrected chi connectivity index (χ1v) is 12.0. The number of pyridine rings is 1. The quantitative estimate of drug-likeness (QED) is 0.251. The Morgan fingerprint density at radius 2 is 1.70 bits per heavy atom. The van der Waals surface area contributed by atoms with Crippen molar-refractivity contribution in [2.75, 3.05) is 26.9 Å². The molecule has 1 aromatic heterocycles. The number of aromatic nitrogens is 1. The number of carbonyl (C=O) groups is 1. The fourth-order valence-corrected chi connectivity index (χ4v) is 3.79. The van der Waals surface area contributed by atoms with E-state index in [4.69, 9.17) is 14.2 Å². The number of hydrogen-bond acceptors (Lipinski definition) is 8. The first-order chi connectivity index (χ1) is 18.1. The Bertz CT molecular complexity index is 1300. The van der Waals surface area contributed by atoms with Crippen LogP contribution in [0.15, 0.2) is 84.9 Å². The summed E-state index contributed by atoms with van der Waals surface area (Å²) in [6.07, 6.45) is -0.173. The lowest BCUT2D eigenvalue weighted by atomic mass is 10.1. The highest BCUT2D eigenvalue weighted by Crippen LogP contribution is 2.28. The second-order valence-electron chi connectivity index (χ2n) is 8.54. The number of ether oxygens (including phenoxy) is 3. The standard InChI is InChI=1S/C29H30N2O6/c1-35-29(34)26-16-21-7-5-6-10-27(21)31-28(26)37-25-13-11-20(12-14-25)15-22(18-32)30-17-23(33)19-36-24-8-3-2-4-9-24/h2-14,16,22-23,30,32-33H,15,17-19H2,1H3/t22-,23-/m0/s1. The lowest BCUT2D eigenvalue weighted by Crippen LogP contribution is -2.41. The molecule has 192 valence electrons. The SMILES string of the molecule is COC(=O)c1cc2ccccc2nc1Oc1ccc(C[C@@H](CO)NC[C@H](O)COc2ccccc2)cc1. The molecule has 0 aliphatic rings. The molecule has 3 aromatic carbocycles. The van der Waals surface area contributed by atoms with E-state index in [9.17, 15) is 15.0 Å². The molecule has 4 rings (SSSR count). The van der Waals surface area contributed by atoms with Crippen LogP contribution in [0.2, 0.25) is 0 Å². The van der Waals surface area contributed by atoms with Crippen molar-refractivity contribution in [3.63, 3.8) is 0 Å². The van der Waals surface area contributed by atoms with E-state index in [2.05, 4.69) is 10.3 Å². The van der Waals surface area contributed by atoms with Gasteiger partial charge < -0.3 is 29.7 Å². The molecule has 3 N–H and O–H groups in total. The third-order valence-corrected chi connectivity index (χ3v) is 5.76. The van der Waals surface area contributed by atoms with Crippen LogP contribution in [-0.2, 0) is 11.2 Å². The zero-order valence-electron chi connectivity index (χ0n) is 20.5. The van der Waals surface area contributed by atoms with Gasteiger partial charge in [-0.1, -0.05) is 48.5 Å². The molecule has 0 radical (unpaired) electrons. The third kappa shape index (κ3) is 7.27. The zero-order valence-corrected chi connectivity index (χ0v) is 20.5. The summed E-state index contributed by atoms with van der Waals surface area (Å²) in [6, 6.07) is 25.5. The number of esters is 1. The average molecular weight is 503 g/mol. The molecule has 0 bridgehead atoms. The van der Waals surface area contributed by atoms with Crippen molar-refractivity contribution >= 4 is 16.9 Å². The molecule has 1 heterocycles. The Morgan fingerprint density at radius 1 is 0.973 bits per heavy atom. The van der Waals surface area contributed by atoms with Crippen molar-refractivity contribution in [1.82, 2.24) is 10.3 Å². The van der Waals surface area contributed by atoms with Gasteiger partial charge in [0.15, 0.2) is 0 Å². The number of aliphatic hydroxyl groups excluding tert-OH is 2. The second-order valence-corrected chi connectivity index (χ2v) is 8.54. The minimum absolute atomic E-state index is 0.0893. The van der Waals surface area contributed by atoms with Crippen LogP contribution in [0.5, 0.6) is 17.4 Å². The number of para-hydroxylation sites is 2. The number of carbonyl (C=O) groups excluding carboxylic acids is 1. The summed E-state index contributed by atoms with van der Waals surface area (Å²) in [5.41, 5.74) is 1.91. The van der Waals surface area contributed by atoms with Gasteiger partial charge in [0, 0.05) is 18.0 Å². The van der Waals surface area contributed by atoms with E-state index in [-0.39, 0.29) is 37.2 Å². The number of nitrogens with zero attached hydrogens (tertiary/aromatic N) is 1. The normalized spacial score (nSPS) is 12.6. The zero-order chi connectivity index (χ0) is 26.0. The van der Waals surface area contributed by atoms with Crippen LogP contribution >= 0.6 is 0 Å². The van der Waals surface area contributed by atoms with Gasteiger partial charge in [0.25, 0.3) is 0 Å². The van der Waals surface area contributed by atoms with Gasteiger partial charge in [-0.2, -0.15) is 0 Å². The molecule has 8 nitrogen and oxygen atoms in total. The fraction of sp³-hybridized carbons (Fsp3) is 0.241. The molecule has 4 aromatic rings. The molecule has 0 amide bonds. The van der Waals surface area contributed by atoms with E-state index < -0.39 is 12.1 Å². The number of aliphatic hydroxyl groups is 2. The smallest absolute Gasteiger partial charge is 0.343 e. The summed E-state index contributed by atoms with van der Waals surface area (Å²) >= 11 is 0. The predicted molar refractivity (Wildman–Crippen MR) is 140 cm³/mol. The minimum atomic E-state index is -0.719. The Morgan fingerprint density at radius 3 is 2.43 bits per heavy atom. The van der Waals surface area contributed by atoms with Crippen molar-refractivity contribution < 1.29 is 29.2 Å². The Kier molecular flexibility index (Phi) is 9.04. The summed E-state index contributed by atoms with van der Waals surface area (Å²) in [7, 11) is 1.32. The lowest BCUT2D eigenvalue weighted by Gasteiger charge is -2.19. The van der Waals surface area contributed by atoms with E-state index in [1.54, 1.807) is 18.2 Å². The maximum absolute atomic E-state index is 12.3. The van der Waals surface area contributed by atoms with Crippen molar-refractivity contribution in [3.05, 3.63) is 96.1 Å². The number of fused-ring (bicyclic) bond motifs is 1. The molecule has 0 aliphatic carbocycles. The molecule has 8 heteroatoms. The number of hydrogen-bond donors (Lipinski definition) is 3. The van der Waals surface area contributed by atoms with Crippen LogP contribution in [-0.4, -0.2) is 60.2 Å². The van der Waals surface area contributed by atoms with Gasteiger partial charge in [0.1, 0.15) is 29.8 Å². The maximum atomic E-state index is 12.3. The van der Waals surface area contributed by atoms with Crippen LogP contribution in [0.25, 0.3) is 10.9 Å². The Labute approximate surface area is 215 Å². The first-order valence-electron chi connectivity index (χ1n) is 12.0. The molecular weight excluding hydrogens is 472 g/mol. The highest BCUT2D eigenvalue weighted by atomic mass is 16.5. The minimum Gasteiger partial charge on any atom is -0.491 e. The molecule has 2 atom stereocenters. The summed E-state index contributed by atoms with van der Waals surface area (Å²) in [4.78, 5) is 16.8. The van der Waals surface area contributed by atoms with Crippen LogP contribution in [0.3, 0.4) is 0 Å². The van der Waals surface area contributed by atoms with Gasteiger partial charge in [-0.05, 0) is 48.4 Å². The predicted octanol–water partition coefficient (Wildman–Crippen LogP) is 3.75. The fourth-order valence-electron chi connectivity index (χ4n) is 3.79. The van der Waals surface area contributed by atoms with Crippen LogP contribution in [0.1, 0.15) is 15.9 Å². The molecular formula is C29H30N2O6. The third-order valence-electron chi connectivity index (χ3n) is 5.76. The van der Waals surface area contributed by atoms with Crippen LogP contribution < -0.4 is 14.8 Å². The summed E-state index contributed by atoms with van der Waals surface area (Å²) in [6.45, 7) is 0.342. The molecule has 37 heavy (non-hydrogen) atoms. The van der Waals surface area contributed by atoms with Crippen molar-refractivity contribution in [2.24, 2.45) is 0 Å². The van der Waals surface area contributed by atoms with Crippen molar-refractivity contribution in [3.8, 4) is 17.4 Å². The summed E-state index contributed by atoms with van der Waals surface area (Å²) in [5, 5.41) is 24.0. The van der Waals surface area contributed by atoms with Gasteiger partial charge in [-0.25, -0.2) is 9.78 Å². The number of benzene rings is 3. The van der Waals surface area contributed by atoms with Gasteiger partial charge >= 0.3 is 5.97 Å². The molecule has 0 saturated heterocycles. The van der Waals surface area contributed by atoms with Gasteiger partial charge in [-0.3, -0.25) is 0 Å². The first kappa shape index (κ1) is 26.1. The lowest BCUT2D eigenvalue weighted by molar-refractivity contribution is 0.0597. The van der Waals surface area contributed by atoms with E-state index in [0.717, 1.165) is 10.9 Å². The van der Waals surface area contributed by atoms with Crippen LogP contribution in [0, 0.1) is 0 Å². The second kappa shape index (κ2) is 12.8. The van der Waals surface area contributed by atoms with E-state index in [0.29, 0.717) is 23.4 Å². The van der Waals surface area contributed by atoms with Crippen molar-refractivity contribution in [1.29, 1.82) is 0 Å². The summed E-state index contributed by atoms with van der Waals surface area (Å²) < 4.78 is 16.4. The number of nitrogens with one attached hydrogen (secondary N) is 1. The summed E-state index contributed by atoms with van der Waals surface area (Å²) in [5.74, 6) is 0.844. The number of rotatable bonds is 12. The Balaban J connectivity index is 1.34. The number of methoxy groups -OCH3 is 1. The van der Waals surface area contributed by atoms with E-state index in [1.165, 1.54) is 7.11 Å². The van der Waals surface area contributed by atoms with Crippen LogP contribution in [0.4, 0.5) is 0 Å². The monoisotopic (exact) mass is 502 g/mol. The Hall–Kier alpha value is -3.98. The molecule has 0 aliphatic heterocycles. The van der Waals surface area contributed by atoms with Crippen molar-refractivity contribution in [2.45, 2.75) is 18.6 Å². The van der Waals surface area contributed by atoms with Gasteiger partial charge in [-0.15, -0.1) is 0 Å².